The van der Waals surface area contributed by atoms with Crippen LogP contribution >= 0.6 is 0 Å². The topological polar surface area (TPSA) is 105 Å². The van der Waals surface area contributed by atoms with Gasteiger partial charge < -0.3 is 18.9 Å². The van der Waals surface area contributed by atoms with Gasteiger partial charge in [-0.25, -0.2) is 0 Å². The lowest BCUT2D eigenvalue weighted by atomic mass is 9.87. The Bertz CT molecular complexity index is 418. The average Bonchev–Trinajstić information content (AvgIpc) is 2.31. The Balaban J connectivity index is 1.73. The Morgan fingerprint density at radius 1 is 0.550 bits per heavy atom. The van der Waals surface area contributed by atoms with Crippen molar-refractivity contribution in [2.45, 2.75) is 50.1 Å². The molecule has 0 aromatic rings. The van der Waals surface area contributed by atoms with Crippen LogP contribution in [0, 0.1) is 0 Å². The summed E-state index contributed by atoms with van der Waals surface area (Å²) >= 11 is 0. The first-order valence-corrected chi connectivity index (χ1v) is 6.28. The van der Waals surface area contributed by atoms with E-state index in [0.717, 1.165) is 0 Å². The van der Waals surface area contributed by atoms with Crippen molar-refractivity contribution in [2.24, 2.45) is 0 Å². The average molecular weight is 284 g/mol. The standard InChI is InChI=1S/C12H12O8/c13-7-5-8(14)18-11(17-7)1-2-12(4-3-11)19-9(15)6-10(16)20-12/h1-6H2. The smallest absolute Gasteiger partial charge is 0.320 e. The monoisotopic (exact) mass is 284 g/mol. The fourth-order valence-electron chi connectivity index (χ4n) is 2.67. The summed E-state index contributed by atoms with van der Waals surface area (Å²) in [7, 11) is 0. The molecule has 1 aliphatic carbocycles. The van der Waals surface area contributed by atoms with E-state index in [9.17, 15) is 19.2 Å². The van der Waals surface area contributed by atoms with Gasteiger partial charge in [-0.05, 0) is 0 Å². The summed E-state index contributed by atoms with van der Waals surface area (Å²) in [6.45, 7) is 0. The van der Waals surface area contributed by atoms with Gasteiger partial charge in [0, 0.05) is 25.7 Å². The van der Waals surface area contributed by atoms with E-state index in [1.54, 1.807) is 0 Å². The van der Waals surface area contributed by atoms with E-state index in [4.69, 9.17) is 18.9 Å². The van der Waals surface area contributed by atoms with E-state index in [2.05, 4.69) is 0 Å². The van der Waals surface area contributed by atoms with Gasteiger partial charge in [0.05, 0.1) is 0 Å². The Hall–Kier alpha value is -2.12. The number of hydrogen-bond acceptors (Lipinski definition) is 8. The fraction of sp³-hybridized carbons (Fsp3) is 0.667. The zero-order chi connectivity index (χ0) is 14.4. The van der Waals surface area contributed by atoms with Crippen molar-refractivity contribution < 1.29 is 38.1 Å². The molecule has 0 aromatic heterocycles. The third-order valence-electron chi connectivity index (χ3n) is 3.55. The fourth-order valence-corrected chi connectivity index (χ4v) is 2.67. The molecule has 0 N–H and O–H groups in total. The first-order chi connectivity index (χ1) is 9.40. The van der Waals surface area contributed by atoms with E-state index in [0.29, 0.717) is 0 Å². The second-order valence-electron chi connectivity index (χ2n) is 5.07. The molecule has 8 nitrogen and oxygen atoms in total. The maximum Gasteiger partial charge on any atom is 0.320 e. The molecule has 0 amide bonds. The first kappa shape index (κ1) is 12.9. The Morgan fingerprint density at radius 2 is 0.800 bits per heavy atom. The van der Waals surface area contributed by atoms with Gasteiger partial charge in [0.1, 0.15) is 12.8 Å². The summed E-state index contributed by atoms with van der Waals surface area (Å²) in [5, 5.41) is 0. The van der Waals surface area contributed by atoms with E-state index in [-0.39, 0.29) is 25.7 Å². The minimum absolute atomic E-state index is 0.116. The van der Waals surface area contributed by atoms with Crippen LogP contribution in [0.5, 0.6) is 0 Å². The summed E-state index contributed by atoms with van der Waals surface area (Å²) in [6, 6.07) is 0. The molecular formula is C12H12O8. The maximum atomic E-state index is 11.3. The molecular weight excluding hydrogens is 272 g/mol. The predicted molar refractivity (Wildman–Crippen MR) is 57.5 cm³/mol. The predicted octanol–water partition coefficient (Wildman–Crippen LogP) is -0.0668. The van der Waals surface area contributed by atoms with E-state index in [1.165, 1.54) is 0 Å². The molecule has 0 bridgehead atoms. The summed E-state index contributed by atoms with van der Waals surface area (Å²) in [6.07, 6.45) is -0.347. The number of carbonyl (C=O) groups excluding carboxylic acids is 4. The largest absolute Gasteiger partial charge is 0.422 e. The summed E-state index contributed by atoms with van der Waals surface area (Å²) in [5.41, 5.74) is 0. The zero-order valence-corrected chi connectivity index (χ0v) is 10.5. The van der Waals surface area contributed by atoms with Gasteiger partial charge in [-0.15, -0.1) is 0 Å². The van der Waals surface area contributed by atoms with Crippen molar-refractivity contribution in [1.29, 1.82) is 0 Å². The second-order valence-corrected chi connectivity index (χ2v) is 5.07. The van der Waals surface area contributed by atoms with Crippen LogP contribution in [0.4, 0.5) is 0 Å². The highest BCUT2D eigenvalue weighted by atomic mass is 16.8. The quantitative estimate of drug-likeness (QED) is 0.449. The zero-order valence-electron chi connectivity index (χ0n) is 10.5. The highest BCUT2D eigenvalue weighted by Crippen LogP contribution is 2.43. The van der Waals surface area contributed by atoms with Crippen LogP contribution in [0.1, 0.15) is 38.5 Å². The molecule has 0 unspecified atom stereocenters. The molecule has 1 saturated carbocycles. The van der Waals surface area contributed by atoms with Gasteiger partial charge in [-0.1, -0.05) is 0 Å². The molecule has 2 spiro atoms. The van der Waals surface area contributed by atoms with Gasteiger partial charge in [-0.3, -0.25) is 19.2 Å². The molecule has 0 aromatic carbocycles. The number of carbonyl (C=O) groups is 4. The van der Waals surface area contributed by atoms with Gasteiger partial charge in [0.2, 0.25) is 0 Å². The van der Waals surface area contributed by atoms with E-state index < -0.39 is 48.3 Å². The van der Waals surface area contributed by atoms with Crippen LogP contribution in [0.25, 0.3) is 0 Å². The highest BCUT2D eigenvalue weighted by Gasteiger charge is 2.55. The number of ether oxygens (including phenoxy) is 4. The molecule has 108 valence electrons. The molecule has 2 aliphatic heterocycles. The van der Waals surface area contributed by atoms with E-state index >= 15 is 0 Å². The number of esters is 4. The van der Waals surface area contributed by atoms with Crippen molar-refractivity contribution in [3.05, 3.63) is 0 Å². The van der Waals surface area contributed by atoms with Crippen molar-refractivity contribution in [3.8, 4) is 0 Å². The molecule has 2 heterocycles. The van der Waals surface area contributed by atoms with Crippen molar-refractivity contribution in [1.82, 2.24) is 0 Å². The van der Waals surface area contributed by atoms with Gasteiger partial charge in [-0.2, -0.15) is 0 Å². The van der Waals surface area contributed by atoms with Crippen LogP contribution in [-0.4, -0.2) is 35.5 Å². The van der Waals surface area contributed by atoms with Crippen molar-refractivity contribution >= 4 is 23.9 Å². The summed E-state index contributed by atoms with van der Waals surface area (Å²) in [5.74, 6) is -5.23. The third kappa shape index (κ3) is 2.21. The molecule has 3 rings (SSSR count). The Morgan fingerprint density at radius 3 is 1.05 bits per heavy atom. The van der Waals surface area contributed by atoms with Gasteiger partial charge in [0.25, 0.3) is 11.6 Å². The molecule has 0 radical (unpaired) electrons. The van der Waals surface area contributed by atoms with Crippen LogP contribution < -0.4 is 0 Å². The van der Waals surface area contributed by atoms with Crippen molar-refractivity contribution in [2.75, 3.05) is 0 Å². The van der Waals surface area contributed by atoms with Crippen LogP contribution in [-0.2, 0) is 38.1 Å². The molecule has 8 heteroatoms. The maximum absolute atomic E-state index is 11.3. The molecule has 3 aliphatic rings. The highest BCUT2D eigenvalue weighted by molar-refractivity contribution is 5.93. The van der Waals surface area contributed by atoms with Crippen LogP contribution in [0.2, 0.25) is 0 Å². The Labute approximate surface area is 113 Å². The Kier molecular flexibility index (Phi) is 2.70. The summed E-state index contributed by atoms with van der Waals surface area (Å²) in [4.78, 5) is 45.3. The van der Waals surface area contributed by atoms with Crippen LogP contribution in [0.15, 0.2) is 0 Å². The minimum atomic E-state index is -1.33. The molecule has 3 fully saturated rings. The van der Waals surface area contributed by atoms with Crippen LogP contribution in [0.3, 0.4) is 0 Å². The number of rotatable bonds is 0. The second kappa shape index (κ2) is 4.19. The normalized spacial score (nSPS) is 27.6. The summed E-state index contributed by atoms with van der Waals surface area (Å²) < 4.78 is 20.4. The van der Waals surface area contributed by atoms with Gasteiger partial charge in [0.15, 0.2) is 0 Å². The minimum Gasteiger partial charge on any atom is -0.422 e. The van der Waals surface area contributed by atoms with Gasteiger partial charge >= 0.3 is 23.9 Å². The molecule has 2 saturated heterocycles. The molecule has 0 atom stereocenters. The number of hydrogen-bond donors (Lipinski definition) is 0. The lowest BCUT2D eigenvalue weighted by Crippen LogP contribution is -2.55. The van der Waals surface area contributed by atoms with Crippen molar-refractivity contribution in [3.63, 3.8) is 0 Å². The first-order valence-electron chi connectivity index (χ1n) is 6.28. The lowest BCUT2D eigenvalue weighted by molar-refractivity contribution is -0.298. The molecule has 20 heavy (non-hydrogen) atoms. The lowest BCUT2D eigenvalue weighted by Gasteiger charge is -2.45. The third-order valence-corrected chi connectivity index (χ3v) is 3.55. The van der Waals surface area contributed by atoms with E-state index in [1.807, 2.05) is 0 Å². The SMILES string of the molecule is O=C1CC(=O)OC2(CCC3(CC2)OC(=O)CC(=O)O3)O1.